The van der Waals surface area contributed by atoms with Crippen LogP contribution in [0.1, 0.15) is 164 Å². The van der Waals surface area contributed by atoms with E-state index in [0.717, 1.165) is 0 Å². The van der Waals surface area contributed by atoms with Gasteiger partial charge in [0.25, 0.3) is 0 Å². The zero-order valence-electron chi connectivity index (χ0n) is 28.5. The zero-order valence-corrected chi connectivity index (χ0v) is 28.5. The van der Waals surface area contributed by atoms with Crippen molar-refractivity contribution < 1.29 is 9.47 Å². The Hall–Kier alpha value is -1.64. The second-order valence-corrected chi connectivity index (χ2v) is 9.02. The molecule has 2 aromatic rings. The van der Waals surface area contributed by atoms with Crippen LogP contribution in [0.25, 0.3) is 0 Å². The minimum Gasteiger partial charge on any atom is -0.354 e. The largest absolute Gasteiger partial charge is 0.354 e. The van der Waals surface area contributed by atoms with Crippen LogP contribution in [0.5, 0.6) is 0 Å². The van der Waals surface area contributed by atoms with Crippen molar-refractivity contribution in [1.29, 1.82) is 0 Å². The summed E-state index contributed by atoms with van der Waals surface area (Å²) in [7, 11) is 3.23. The molecule has 0 unspecified atom stereocenters. The summed E-state index contributed by atoms with van der Waals surface area (Å²) in [5.41, 5.74) is 3.53. The fraction of sp³-hybridized carbons (Fsp3) is 0.692. The van der Waals surface area contributed by atoms with Gasteiger partial charge in [-0.1, -0.05) is 187 Å². The van der Waals surface area contributed by atoms with Crippen LogP contribution in [0, 0.1) is 0 Å². The van der Waals surface area contributed by atoms with Gasteiger partial charge in [0.15, 0.2) is 5.79 Å². The highest BCUT2D eigenvalue weighted by Gasteiger charge is 2.17. The third-order valence-corrected chi connectivity index (χ3v) is 5.86. The molecule has 0 heterocycles. The summed E-state index contributed by atoms with van der Waals surface area (Å²) in [5, 5.41) is 0. The molecule has 252 valence electrons. The molecule has 0 aliphatic carbocycles. The molecule has 0 bridgehead atoms. The van der Waals surface area contributed by atoms with Crippen molar-refractivity contribution >= 4 is 0 Å². The minimum atomic E-state index is -0.417. The second kappa shape index (κ2) is 40.5. The first-order chi connectivity index (χ1) is 17.5. The molecule has 0 fully saturated rings. The first kappa shape index (κ1) is 62.8. The maximum atomic E-state index is 4.86. The van der Waals surface area contributed by atoms with Crippen LogP contribution >= 0.6 is 0 Å². The highest BCUT2D eigenvalue weighted by molar-refractivity contribution is 5.23. The average molecular weight is 585 g/mol. The Morgan fingerprint density at radius 2 is 0.634 bits per heavy atom. The normalized spacial score (nSPS) is 8.83. The third kappa shape index (κ3) is 34.5. The van der Waals surface area contributed by atoms with E-state index in [0.29, 0.717) is 10.8 Å². The molecule has 2 aromatic carbocycles. The number of hydrogen-bond acceptors (Lipinski definition) is 2. The van der Waals surface area contributed by atoms with Crippen molar-refractivity contribution in [2.24, 2.45) is 0 Å². The fourth-order valence-electron chi connectivity index (χ4n) is 2.27. The van der Waals surface area contributed by atoms with Crippen LogP contribution in [0.4, 0.5) is 0 Å². The van der Waals surface area contributed by atoms with Gasteiger partial charge in [-0.2, -0.15) is 0 Å². The monoisotopic (exact) mass is 585 g/mol. The zero-order chi connectivity index (χ0) is 30.6. The van der Waals surface area contributed by atoms with Crippen molar-refractivity contribution in [3.63, 3.8) is 0 Å². The van der Waals surface area contributed by atoms with Gasteiger partial charge in [0.1, 0.15) is 0 Å². The van der Waals surface area contributed by atoms with Crippen molar-refractivity contribution in [2.75, 3.05) is 14.2 Å². The molecular weight excluding hydrogens is 500 g/mol. The van der Waals surface area contributed by atoms with E-state index >= 15 is 0 Å². The molecule has 0 spiro atoms. The summed E-state index contributed by atoms with van der Waals surface area (Å²) in [6.45, 7) is 33.3. The highest BCUT2D eigenvalue weighted by Crippen LogP contribution is 2.26. The molecule has 2 heteroatoms. The number of rotatable bonds is 6. The van der Waals surface area contributed by atoms with Gasteiger partial charge in [0.05, 0.1) is 0 Å². The fourth-order valence-corrected chi connectivity index (χ4v) is 2.27. The molecule has 41 heavy (non-hydrogen) atoms. The van der Waals surface area contributed by atoms with Crippen LogP contribution in [0.15, 0.2) is 60.7 Å². The van der Waals surface area contributed by atoms with Gasteiger partial charge in [-0.15, -0.1) is 0 Å². The Labute approximate surface area is 265 Å². The number of ether oxygens (including phenoxy) is 2. The molecule has 2 rings (SSSR count). The minimum absolute atomic E-state index is 0. The number of hydrogen-bond donors (Lipinski definition) is 0. The Morgan fingerprint density at radius 1 is 0.439 bits per heavy atom. The van der Waals surface area contributed by atoms with Gasteiger partial charge in [-0.25, -0.2) is 0 Å². The predicted molar refractivity (Wildman–Crippen MR) is 200 cm³/mol. The molecule has 0 amide bonds. The van der Waals surface area contributed by atoms with Crippen LogP contribution in [0.3, 0.4) is 0 Å². The Kier molecular flexibility index (Phi) is 62.1. The quantitative estimate of drug-likeness (QED) is 0.314. The lowest BCUT2D eigenvalue weighted by Gasteiger charge is -2.22. The lowest BCUT2D eigenvalue weighted by molar-refractivity contribution is -0.178. The smallest absolute Gasteiger partial charge is 0.161 e. The standard InChI is InChI=1S/2C11H16.C5H12O2.4C2H6.4CH4/c2*1-4-11(2,3)10-8-6-5-7-9-10;1-5(2,6-3)7-4;4*1-2;;;;/h2*5-9H,4H2,1-3H3;1-4H3;4*1-2H3;4*1H4. The molecule has 0 atom stereocenters. The Bertz CT molecular complexity index is 586. The summed E-state index contributed by atoms with van der Waals surface area (Å²) >= 11 is 0. The number of benzene rings is 2. The Morgan fingerprint density at radius 3 is 0.756 bits per heavy atom. The summed E-state index contributed by atoms with van der Waals surface area (Å²) in [4.78, 5) is 0. The first-order valence-corrected chi connectivity index (χ1v) is 14.7. The second-order valence-electron chi connectivity index (χ2n) is 9.02. The van der Waals surface area contributed by atoms with Gasteiger partial charge in [-0.05, 0) is 48.6 Å². The van der Waals surface area contributed by atoms with E-state index in [1.165, 1.54) is 24.0 Å². The van der Waals surface area contributed by atoms with Crippen LogP contribution < -0.4 is 0 Å². The molecule has 0 N–H and O–H groups in total. The van der Waals surface area contributed by atoms with Crippen LogP contribution in [0.2, 0.25) is 0 Å². The third-order valence-electron chi connectivity index (χ3n) is 5.86. The van der Waals surface area contributed by atoms with E-state index in [-0.39, 0.29) is 29.7 Å². The van der Waals surface area contributed by atoms with Crippen LogP contribution in [-0.2, 0) is 20.3 Å². The van der Waals surface area contributed by atoms with E-state index in [2.05, 4.69) is 102 Å². The topological polar surface area (TPSA) is 18.5 Å². The first-order valence-electron chi connectivity index (χ1n) is 14.7. The SMILES string of the molecule is C.C.C.C.CC.CC.CC.CC.CCC(C)(C)c1ccccc1.CCC(C)(C)c1ccccc1.COC(C)(C)OC. The van der Waals surface area contributed by atoms with E-state index in [1.54, 1.807) is 14.2 Å². The Balaban J connectivity index is -0.0000000463. The van der Waals surface area contributed by atoms with Crippen LogP contribution in [-0.4, -0.2) is 20.0 Å². The van der Waals surface area contributed by atoms with E-state index in [1.807, 2.05) is 69.2 Å². The van der Waals surface area contributed by atoms with Crippen molar-refractivity contribution in [3.8, 4) is 0 Å². The summed E-state index contributed by atoms with van der Waals surface area (Å²) < 4.78 is 9.73. The summed E-state index contributed by atoms with van der Waals surface area (Å²) in [5.74, 6) is -0.417. The van der Waals surface area contributed by atoms with E-state index < -0.39 is 5.79 Å². The van der Waals surface area contributed by atoms with Gasteiger partial charge in [0, 0.05) is 14.2 Å². The molecular formula is C39H84O2. The van der Waals surface area contributed by atoms with Gasteiger partial charge in [-0.3, -0.25) is 0 Å². The van der Waals surface area contributed by atoms with Crippen molar-refractivity contribution in [2.45, 2.75) is 170 Å². The van der Waals surface area contributed by atoms with Gasteiger partial charge >= 0.3 is 0 Å². The maximum absolute atomic E-state index is 4.86. The van der Waals surface area contributed by atoms with E-state index in [4.69, 9.17) is 9.47 Å². The molecule has 0 aliphatic rings. The molecule has 0 radical (unpaired) electrons. The molecule has 0 saturated heterocycles. The van der Waals surface area contributed by atoms with E-state index in [9.17, 15) is 0 Å². The lowest BCUT2D eigenvalue weighted by atomic mass is 9.82. The summed E-state index contributed by atoms with van der Waals surface area (Å²) in [6.07, 6.45) is 2.38. The maximum Gasteiger partial charge on any atom is 0.161 e. The molecule has 0 aromatic heterocycles. The average Bonchev–Trinajstić information content (AvgIpc) is 2.99. The lowest BCUT2D eigenvalue weighted by Crippen LogP contribution is -2.24. The summed E-state index contributed by atoms with van der Waals surface area (Å²) in [6, 6.07) is 21.3. The van der Waals surface area contributed by atoms with Crippen molar-refractivity contribution in [1.82, 2.24) is 0 Å². The molecule has 0 saturated carbocycles. The molecule has 2 nitrogen and oxygen atoms in total. The molecule has 0 aliphatic heterocycles. The highest BCUT2D eigenvalue weighted by atomic mass is 16.7. The number of methoxy groups -OCH3 is 2. The predicted octanol–water partition coefficient (Wildman–Crippen LogP) is 14.4. The van der Waals surface area contributed by atoms with Gasteiger partial charge < -0.3 is 9.47 Å². The van der Waals surface area contributed by atoms with Crippen molar-refractivity contribution in [3.05, 3.63) is 71.8 Å². The van der Waals surface area contributed by atoms with Gasteiger partial charge in [0.2, 0.25) is 0 Å².